The van der Waals surface area contributed by atoms with Gasteiger partial charge in [-0.1, -0.05) is 0 Å². The first-order chi connectivity index (χ1) is 8.63. The summed E-state index contributed by atoms with van der Waals surface area (Å²) >= 11 is 1.38. The summed E-state index contributed by atoms with van der Waals surface area (Å²) in [7, 11) is 0. The second-order valence-electron chi connectivity index (χ2n) is 3.87. The lowest BCUT2D eigenvalue weighted by atomic mass is 10.2. The molecule has 0 aliphatic rings. The van der Waals surface area contributed by atoms with E-state index in [1.807, 2.05) is 13.0 Å². The molecule has 0 fully saturated rings. The van der Waals surface area contributed by atoms with E-state index in [2.05, 4.69) is 16.2 Å². The van der Waals surface area contributed by atoms with E-state index in [1.54, 1.807) is 11.6 Å². The van der Waals surface area contributed by atoms with Crippen LogP contribution < -0.4 is 5.32 Å². The number of nitrogens with one attached hydrogen (secondary N) is 1. The molecule has 5 nitrogen and oxygen atoms in total. The quantitative estimate of drug-likeness (QED) is 0.522. The van der Waals surface area contributed by atoms with Crippen molar-refractivity contribution in [3.8, 4) is 12.3 Å². The van der Waals surface area contributed by atoms with Gasteiger partial charge in [0.05, 0.1) is 15.1 Å². The monoisotopic (exact) mass is 261 g/mol. The van der Waals surface area contributed by atoms with Crippen LogP contribution in [0.25, 0.3) is 10.2 Å². The van der Waals surface area contributed by atoms with E-state index >= 15 is 0 Å². The first kappa shape index (κ1) is 12.3. The van der Waals surface area contributed by atoms with Crippen molar-refractivity contribution >= 4 is 32.9 Å². The third-order valence-electron chi connectivity index (χ3n) is 2.48. The first-order valence-corrected chi connectivity index (χ1v) is 6.22. The van der Waals surface area contributed by atoms with Crippen LogP contribution >= 0.6 is 11.3 Å². The summed E-state index contributed by atoms with van der Waals surface area (Å²) in [6.07, 6.45) is 5.73. The van der Waals surface area contributed by atoms with Crippen LogP contribution in [0.4, 0.5) is 11.4 Å². The largest absolute Gasteiger partial charge is 0.376 e. The molecular formula is C12H11N3O2S. The number of aromatic nitrogens is 1. The molecule has 0 saturated heterocycles. The molecule has 1 aromatic carbocycles. The lowest BCUT2D eigenvalue weighted by Crippen LogP contribution is -2.15. The fraction of sp³-hybridized carbons (Fsp3) is 0.250. The summed E-state index contributed by atoms with van der Waals surface area (Å²) in [5.41, 5.74) is 2.49. The molecule has 0 spiro atoms. The number of anilines is 1. The minimum atomic E-state index is -0.410. The van der Waals surface area contributed by atoms with E-state index in [-0.39, 0.29) is 11.7 Å². The third-order valence-corrected chi connectivity index (χ3v) is 3.28. The van der Waals surface area contributed by atoms with Gasteiger partial charge in [-0.3, -0.25) is 10.1 Å². The van der Waals surface area contributed by atoms with Gasteiger partial charge >= 0.3 is 5.69 Å². The highest BCUT2D eigenvalue weighted by molar-refractivity contribution is 7.16. The lowest BCUT2D eigenvalue weighted by Gasteiger charge is -2.12. The number of hydrogen-bond donors (Lipinski definition) is 1. The van der Waals surface area contributed by atoms with Crippen LogP contribution in [-0.2, 0) is 0 Å². The predicted molar refractivity (Wildman–Crippen MR) is 72.8 cm³/mol. The van der Waals surface area contributed by atoms with E-state index in [1.165, 1.54) is 11.3 Å². The van der Waals surface area contributed by atoms with Crippen LogP contribution in [0, 0.1) is 22.5 Å². The van der Waals surface area contributed by atoms with Gasteiger partial charge in [0.2, 0.25) is 0 Å². The van der Waals surface area contributed by atoms with Gasteiger partial charge in [0.15, 0.2) is 5.52 Å². The molecule has 1 unspecified atom stereocenters. The zero-order chi connectivity index (χ0) is 13.1. The maximum absolute atomic E-state index is 11.2. The molecule has 0 radical (unpaired) electrons. The highest BCUT2D eigenvalue weighted by atomic mass is 32.1. The van der Waals surface area contributed by atoms with Crippen LogP contribution in [0.1, 0.15) is 13.3 Å². The molecule has 6 heteroatoms. The Morgan fingerprint density at radius 3 is 3.11 bits per heavy atom. The van der Waals surface area contributed by atoms with Crippen LogP contribution in [-0.4, -0.2) is 15.9 Å². The average Bonchev–Trinajstić information content (AvgIpc) is 2.76. The van der Waals surface area contributed by atoms with Gasteiger partial charge < -0.3 is 5.32 Å². The Morgan fingerprint density at radius 2 is 2.44 bits per heavy atom. The number of terminal acetylenes is 1. The molecule has 0 aliphatic heterocycles. The van der Waals surface area contributed by atoms with Gasteiger partial charge in [-0.15, -0.1) is 23.7 Å². The minimum Gasteiger partial charge on any atom is -0.376 e. The summed E-state index contributed by atoms with van der Waals surface area (Å²) in [6.45, 7) is 1.88. The van der Waals surface area contributed by atoms with Crippen LogP contribution in [0.2, 0.25) is 0 Å². The number of nitro benzene ring substituents is 1. The topological polar surface area (TPSA) is 68.1 Å². The van der Waals surface area contributed by atoms with E-state index in [9.17, 15) is 10.1 Å². The molecule has 1 atom stereocenters. The molecule has 0 amide bonds. The second-order valence-corrected chi connectivity index (χ2v) is 4.76. The fourth-order valence-electron chi connectivity index (χ4n) is 1.71. The van der Waals surface area contributed by atoms with E-state index in [0.29, 0.717) is 17.6 Å². The predicted octanol–water partition coefficient (Wildman–Crippen LogP) is 3.03. The number of nitro groups is 1. The summed E-state index contributed by atoms with van der Waals surface area (Å²) in [5.74, 6) is 2.52. The van der Waals surface area contributed by atoms with Gasteiger partial charge in [0.25, 0.3) is 0 Å². The molecule has 2 rings (SSSR count). The second kappa shape index (κ2) is 5.02. The van der Waals surface area contributed by atoms with Gasteiger partial charge in [0, 0.05) is 12.5 Å². The van der Waals surface area contributed by atoms with Crippen molar-refractivity contribution in [3.63, 3.8) is 0 Å². The Morgan fingerprint density at radius 1 is 1.67 bits per heavy atom. The summed E-state index contributed by atoms with van der Waals surface area (Å²) in [5, 5.41) is 14.2. The van der Waals surface area contributed by atoms with Crippen molar-refractivity contribution in [2.24, 2.45) is 0 Å². The van der Waals surface area contributed by atoms with Gasteiger partial charge in [-0.05, 0) is 19.1 Å². The van der Waals surface area contributed by atoms with Crippen molar-refractivity contribution in [2.75, 3.05) is 5.32 Å². The normalized spacial score (nSPS) is 12.0. The SMILES string of the molecule is C#CCC(C)Nc1ccc2scnc2c1[N+](=O)[O-]. The average molecular weight is 261 g/mol. The summed E-state index contributed by atoms with van der Waals surface area (Å²) in [4.78, 5) is 14.8. The molecule has 92 valence electrons. The molecule has 0 bridgehead atoms. The van der Waals surface area contributed by atoms with Crippen molar-refractivity contribution in [3.05, 3.63) is 27.8 Å². The van der Waals surface area contributed by atoms with Crippen LogP contribution in [0.15, 0.2) is 17.6 Å². The standard InChI is InChI=1S/C12H11N3O2S/c1-3-4-8(2)14-9-5-6-10-11(13-7-18-10)12(9)15(16)17/h1,5-8,14H,4H2,2H3. The maximum atomic E-state index is 11.2. The number of nitrogens with zero attached hydrogens (tertiary/aromatic N) is 2. The van der Waals surface area contributed by atoms with Gasteiger partial charge in [-0.2, -0.15) is 0 Å². The van der Waals surface area contributed by atoms with Crippen molar-refractivity contribution in [2.45, 2.75) is 19.4 Å². The Bertz CT molecular complexity index is 630. The summed E-state index contributed by atoms with van der Waals surface area (Å²) < 4.78 is 0.803. The highest BCUT2D eigenvalue weighted by Crippen LogP contribution is 2.34. The van der Waals surface area contributed by atoms with Crippen molar-refractivity contribution in [1.29, 1.82) is 0 Å². The van der Waals surface area contributed by atoms with Gasteiger partial charge in [0.1, 0.15) is 5.69 Å². The summed E-state index contributed by atoms with van der Waals surface area (Å²) in [6, 6.07) is 3.50. The zero-order valence-corrected chi connectivity index (χ0v) is 10.5. The van der Waals surface area contributed by atoms with E-state index < -0.39 is 4.92 Å². The third kappa shape index (κ3) is 2.26. The molecule has 1 N–H and O–H groups in total. The molecule has 18 heavy (non-hydrogen) atoms. The molecule has 1 aromatic heterocycles. The molecule has 2 aromatic rings. The van der Waals surface area contributed by atoms with E-state index in [4.69, 9.17) is 6.42 Å². The van der Waals surface area contributed by atoms with E-state index in [0.717, 1.165) is 4.70 Å². The smallest absolute Gasteiger partial charge is 0.319 e. The van der Waals surface area contributed by atoms with Crippen LogP contribution in [0.3, 0.4) is 0 Å². The number of thiazole rings is 1. The molecular weight excluding hydrogens is 250 g/mol. The maximum Gasteiger partial charge on any atom is 0.319 e. The van der Waals surface area contributed by atoms with Gasteiger partial charge in [-0.25, -0.2) is 4.98 Å². The minimum absolute atomic E-state index is 0.0117. The first-order valence-electron chi connectivity index (χ1n) is 5.34. The Labute approximate surface area is 108 Å². The number of fused-ring (bicyclic) bond motifs is 1. The molecule has 0 aliphatic carbocycles. The molecule has 1 heterocycles. The fourth-order valence-corrected chi connectivity index (χ4v) is 2.39. The lowest BCUT2D eigenvalue weighted by molar-refractivity contribution is -0.382. The van der Waals surface area contributed by atoms with Crippen molar-refractivity contribution in [1.82, 2.24) is 4.98 Å². The molecule has 0 saturated carbocycles. The zero-order valence-electron chi connectivity index (χ0n) is 9.71. The Hall–Kier alpha value is -2.13. The number of benzene rings is 1. The Kier molecular flexibility index (Phi) is 3.44. The highest BCUT2D eigenvalue weighted by Gasteiger charge is 2.21. The van der Waals surface area contributed by atoms with Crippen LogP contribution in [0.5, 0.6) is 0 Å². The van der Waals surface area contributed by atoms with Crippen molar-refractivity contribution < 1.29 is 4.92 Å². The Balaban J connectivity index is 2.46. The number of hydrogen-bond acceptors (Lipinski definition) is 5. The number of rotatable bonds is 4.